The lowest BCUT2D eigenvalue weighted by Gasteiger charge is -2.10. The van der Waals surface area contributed by atoms with Gasteiger partial charge in [-0.3, -0.25) is 19.0 Å². The number of aromatic nitrogens is 4. The molecule has 2 amide bonds. The van der Waals surface area contributed by atoms with Crippen molar-refractivity contribution in [3.8, 4) is 0 Å². The summed E-state index contributed by atoms with van der Waals surface area (Å²) in [6.45, 7) is 4.12. The van der Waals surface area contributed by atoms with Crippen LogP contribution in [0.25, 0.3) is 0 Å². The fraction of sp³-hybridized carbons (Fsp3) is 0.500. The lowest BCUT2D eigenvalue weighted by Crippen LogP contribution is -2.36. The van der Waals surface area contributed by atoms with Crippen LogP contribution in [0, 0.1) is 0 Å². The van der Waals surface area contributed by atoms with Crippen molar-refractivity contribution in [2.45, 2.75) is 32.5 Å². The van der Waals surface area contributed by atoms with Gasteiger partial charge in [0, 0.05) is 32.8 Å². The maximum Gasteiger partial charge on any atom is 0.272 e. The number of fused-ring (bicyclic) bond motifs is 1. The van der Waals surface area contributed by atoms with Gasteiger partial charge in [0.05, 0.1) is 36.6 Å². The Morgan fingerprint density at radius 1 is 1.40 bits per heavy atom. The van der Waals surface area contributed by atoms with Crippen molar-refractivity contribution in [1.29, 1.82) is 0 Å². The second kappa shape index (κ2) is 7.47. The van der Waals surface area contributed by atoms with Crippen molar-refractivity contribution in [2.24, 2.45) is 0 Å². The number of hydrogen-bond donors (Lipinski definition) is 2. The summed E-state index contributed by atoms with van der Waals surface area (Å²) in [5.74, 6) is -0.388. The van der Waals surface area contributed by atoms with Gasteiger partial charge in [-0.25, -0.2) is 0 Å². The minimum Gasteiger partial charge on any atom is -0.383 e. The van der Waals surface area contributed by atoms with E-state index >= 15 is 0 Å². The summed E-state index contributed by atoms with van der Waals surface area (Å²) in [6.07, 6.45) is 3.91. The molecule has 2 N–H and O–H groups in total. The van der Waals surface area contributed by atoms with Crippen LogP contribution in [0.4, 0.5) is 0 Å². The van der Waals surface area contributed by atoms with E-state index in [1.54, 1.807) is 34.9 Å². The monoisotopic (exact) mass is 346 g/mol. The highest BCUT2D eigenvalue weighted by atomic mass is 16.5. The molecule has 9 nitrogen and oxygen atoms in total. The molecule has 9 heteroatoms. The van der Waals surface area contributed by atoms with E-state index in [1.807, 2.05) is 6.92 Å². The predicted octanol–water partition coefficient (Wildman–Crippen LogP) is -0.170. The quantitative estimate of drug-likeness (QED) is 0.678. The Morgan fingerprint density at radius 3 is 2.96 bits per heavy atom. The van der Waals surface area contributed by atoms with Crippen LogP contribution in [-0.4, -0.2) is 57.7 Å². The van der Waals surface area contributed by atoms with Crippen molar-refractivity contribution < 1.29 is 14.3 Å². The van der Waals surface area contributed by atoms with Crippen LogP contribution in [0.2, 0.25) is 0 Å². The highest BCUT2D eigenvalue weighted by Gasteiger charge is 2.29. The molecular weight excluding hydrogens is 324 g/mol. The molecule has 0 saturated heterocycles. The van der Waals surface area contributed by atoms with E-state index in [0.717, 1.165) is 5.69 Å². The predicted molar refractivity (Wildman–Crippen MR) is 89.3 cm³/mol. The number of nitrogens with one attached hydrogen (secondary N) is 2. The maximum absolute atomic E-state index is 12.3. The van der Waals surface area contributed by atoms with Crippen molar-refractivity contribution in [3.63, 3.8) is 0 Å². The first kappa shape index (κ1) is 17.2. The first-order valence-corrected chi connectivity index (χ1v) is 8.28. The molecule has 1 aliphatic heterocycles. The zero-order valence-corrected chi connectivity index (χ0v) is 14.4. The summed E-state index contributed by atoms with van der Waals surface area (Å²) in [5.41, 5.74) is 1.77. The second-order valence-electron chi connectivity index (χ2n) is 5.87. The first-order chi connectivity index (χ1) is 12.1. The molecule has 1 aliphatic rings. The largest absolute Gasteiger partial charge is 0.383 e. The van der Waals surface area contributed by atoms with Crippen LogP contribution >= 0.6 is 0 Å². The SMILES string of the molecule is CCn1ccc(C(=O)N[C@H]2Cc3c(C(=O)NCCOC)cnn3C2)n1. The number of carbonyl (C=O) groups excluding carboxylic acids is 2. The van der Waals surface area contributed by atoms with Gasteiger partial charge in [-0.1, -0.05) is 0 Å². The molecule has 0 aliphatic carbocycles. The molecule has 1 atom stereocenters. The Bertz CT molecular complexity index is 766. The molecule has 134 valence electrons. The van der Waals surface area contributed by atoms with Crippen LogP contribution < -0.4 is 10.6 Å². The molecule has 0 spiro atoms. The van der Waals surface area contributed by atoms with E-state index in [4.69, 9.17) is 4.74 Å². The Labute approximate surface area is 145 Å². The number of rotatable bonds is 7. The van der Waals surface area contributed by atoms with Crippen LogP contribution in [0.5, 0.6) is 0 Å². The summed E-state index contributed by atoms with van der Waals surface area (Å²) >= 11 is 0. The molecule has 25 heavy (non-hydrogen) atoms. The highest BCUT2D eigenvalue weighted by molar-refractivity contribution is 5.95. The Morgan fingerprint density at radius 2 is 2.24 bits per heavy atom. The summed E-state index contributed by atoms with van der Waals surface area (Å²) in [5, 5.41) is 14.2. The van der Waals surface area contributed by atoms with Crippen LogP contribution in [-0.2, 0) is 24.2 Å². The zero-order chi connectivity index (χ0) is 17.8. The third-order valence-electron chi connectivity index (χ3n) is 4.15. The van der Waals surface area contributed by atoms with Gasteiger partial charge in [0.25, 0.3) is 11.8 Å². The average molecular weight is 346 g/mol. The van der Waals surface area contributed by atoms with Gasteiger partial charge in [-0.2, -0.15) is 10.2 Å². The van der Waals surface area contributed by atoms with E-state index in [2.05, 4.69) is 20.8 Å². The zero-order valence-electron chi connectivity index (χ0n) is 14.4. The fourth-order valence-corrected chi connectivity index (χ4v) is 2.86. The Balaban J connectivity index is 1.60. The van der Waals surface area contributed by atoms with E-state index in [1.165, 1.54) is 0 Å². The number of hydrogen-bond acceptors (Lipinski definition) is 5. The van der Waals surface area contributed by atoms with E-state index in [9.17, 15) is 9.59 Å². The minimum absolute atomic E-state index is 0.103. The van der Waals surface area contributed by atoms with E-state index in [-0.39, 0.29) is 17.9 Å². The van der Waals surface area contributed by atoms with E-state index < -0.39 is 0 Å². The van der Waals surface area contributed by atoms with Crippen molar-refractivity contribution >= 4 is 11.8 Å². The van der Waals surface area contributed by atoms with Crippen molar-refractivity contribution in [1.82, 2.24) is 30.2 Å². The molecule has 0 fully saturated rings. The van der Waals surface area contributed by atoms with Gasteiger partial charge in [-0.05, 0) is 13.0 Å². The van der Waals surface area contributed by atoms with E-state index in [0.29, 0.717) is 43.9 Å². The van der Waals surface area contributed by atoms with Gasteiger partial charge in [0.15, 0.2) is 0 Å². The standard InChI is InChI=1S/C16H22N6O3/c1-3-21-6-4-13(20-21)16(24)19-11-8-14-12(9-18-22(14)10-11)15(23)17-5-7-25-2/h4,6,9,11H,3,5,7-8,10H2,1-2H3,(H,17,23)(H,19,24)/t11-/m0/s1. The number of amides is 2. The van der Waals surface area contributed by atoms with Gasteiger partial charge >= 0.3 is 0 Å². The molecular formula is C16H22N6O3. The molecule has 2 aromatic rings. The average Bonchev–Trinajstić information content (AvgIpc) is 3.29. The third kappa shape index (κ3) is 3.71. The molecule has 0 aromatic carbocycles. The van der Waals surface area contributed by atoms with Crippen molar-refractivity contribution in [3.05, 3.63) is 35.4 Å². The molecule has 3 rings (SSSR count). The highest BCUT2D eigenvalue weighted by Crippen LogP contribution is 2.19. The lowest BCUT2D eigenvalue weighted by molar-refractivity contribution is 0.0927. The number of carbonyl (C=O) groups is 2. The molecule has 0 bridgehead atoms. The number of methoxy groups -OCH3 is 1. The number of ether oxygens (including phenoxy) is 1. The summed E-state index contributed by atoms with van der Waals surface area (Å²) in [7, 11) is 1.58. The summed E-state index contributed by atoms with van der Waals surface area (Å²) < 4.78 is 8.39. The van der Waals surface area contributed by atoms with Gasteiger partial charge in [0.1, 0.15) is 5.69 Å². The first-order valence-electron chi connectivity index (χ1n) is 8.28. The lowest BCUT2D eigenvalue weighted by atomic mass is 10.1. The number of aryl methyl sites for hydroxylation is 1. The summed E-state index contributed by atoms with van der Waals surface area (Å²) in [4.78, 5) is 24.5. The summed E-state index contributed by atoms with van der Waals surface area (Å²) in [6, 6.07) is 1.59. The molecule has 2 aromatic heterocycles. The van der Waals surface area contributed by atoms with Gasteiger partial charge in [0.2, 0.25) is 0 Å². The fourth-order valence-electron chi connectivity index (χ4n) is 2.86. The minimum atomic E-state index is -0.214. The number of nitrogens with zero attached hydrogens (tertiary/aromatic N) is 4. The van der Waals surface area contributed by atoms with Crippen LogP contribution in [0.1, 0.15) is 33.5 Å². The Hall–Kier alpha value is -2.68. The second-order valence-corrected chi connectivity index (χ2v) is 5.87. The van der Waals surface area contributed by atoms with Gasteiger partial charge < -0.3 is 15.4 Å². The third-order valence-corrected chi connectivity index (χ3v) is 4.15. The smallest absolute Gasteiger partial charge is 0.272 e. The molecule has 0 unspecified atom stereocenters. The van der Waals surface area contributed by atoms with Crippen molar-refractivity contribution in [2.75, 3.05) is 20.3 Å². The van der Waals surface area contributed by atoms with Crippen LogP contribution in [0.3, 0.4) is 0 Å². The molecule has 0 radical (unpaired) electrons. The molecule has 3 heterocycles. The Kier molecular flexibility index (Phi) is 5.13. The maximum atomic E-state index is 12.3. The van der Waals surface area contributed by atoms with Gasteiger partial charge in [-0.15, -0.1) is 0 Å². The van der Waals surface area contributed by atoms with Crippen LogP contribution in [0.15, 0.2) is 18.5 Å². The normalized spacial score (nSPS) is 15.8. The topological polar surface area (TPSA) is 103 Å². The molecule has 0 saturated carbocycles.